The molecule has 2 rings (SSSR count). The van der Waals surface area contributed by atoms with Crippen LogP contribution in [0, 0.1) is 6.92 Å². The Bertz CT molecular complexity index is 385. The Morgan fingerprint density at radius 2 is 2.17 bits per heavy atom. The maximum atomic E-state index is 5.88. The van der Waals surface area contributed by atoms with E-state index in [1.54, 1.807) is 12.4 Å². The van der Waals surface area contributed by atoms with Crippen LogP contribution in [0.1, 0.15) is 5.56 Å². The number of rotatable bonds is 0. The molecule has 2 heterocycles. The molecule has 0 aliphatic rings. The summed E-state index contributed by atoms with van der Waals surface area (Å²) in [5, 5.41) is 1.43. The van der Waals surface area contributed by atoms with Crippen molar-refractivity contribution in [3.05, 3.63) is 35.2 Å². The molecule has 12 heavy (non-hydrogen) atoms. The highest BCUT2D eigenvalue weighted by molar-refractivity contribution is 6.34. The molecule has 0 aliphatic heterocycles. The minimum absolute atomic E-state index is 0.517. The number of aromatic nitrogens is 2. The Hall–Kier alpha value is -1.15. The van der Waals surface area contributed by atoms with Gasteiger partial charge < -0.3 is 0 Å². The molecule has 0 unspecified atom stereocenters. The molecular weight excluding hydrogens is 172 g/mol. The van der Waals surface area contributed by atoms with Crippen molar-refractivity contribution in [3.8, 4) is 0 Å². The Labute approximate surface area is 75.2 Å². The first-order valence-electron chi connectivity index (χ1n) is 3.65. The third kappa shape index (κ3) is 1.04. The molecular formula is C9H7ClN2. The van der Waals surface area contributed by atoms with Gasteiger partial charge in [0.15, 0.2) is 0 Å². The summed E-state index contributed by atoms with van der Waals surface area (Å²) in [6.07, 6.45) is 3.49. The van der Waals surface area contributed by atoms with Crippen LogP contribution in [0.3, 0.4) is 0 Å². The van der Waals surface area contributed by atoms with E-state index in [0.717, 1.165) is 16.5 Å². The Morgan fingerprint density at radius 1 is 1.33 bits per heavy atom. The molecule has 0 amide bonds. The number of nitrogens with zero attached hydrogens (tertiary/aromatic N) is 2. The predicted octanol–water partition coefficient (Wildman–Crippen LogP) is 2.59. The van der Waals surface area contributed by atoms with E-state index in [1.165, 1.54) is 0 Å². The molecule has 0 saturated heterocycles. The van der Waals surface area contributed by atoms with E-state index in [4.69, 9.17) is 11.6 Å². The Kier molecular flexibility index (Phi) is 1.70. The van der Waals surface area contributed by atoms with Crippen LogP contribution in [0.25, 0.3) is 10.9 Å². The molecule has 0 spiro atoms. The summed E-state index contributed by atoms with van der Waals surface area (Å²) >= 11 is 5.88. The van der Waals surface area contributed by atoms with E-state index in [9.17, 15) is 0 Å². The maximum Gasteiger partial charge on any atom is 0.138 e. The number of halogens is 1. The van der Waals surface area contributed by atoms with Gasteiger partial charge in [-0.3, -0.25) is 4.98 Å². The van der Waals surface area contributed by atoms with Gasteiger partial charge in [-0.25, -0.2) is 4.98 Å². The van der Waals surface area contributed by atoms with Gasteiger partial charge in [0, 0.05) is 17.8 Å². The molecule has 2 aromatic heterocycles. The fraction of sp³-hybridized carbons (Fsp3) is 0.111. The third-order valence-corrected chi connectivity index (χ3v) is 2.08. The average Bonchev–Trinajstić information content (AvgIpc) is 2.12. The van der Waals surface area contributed by atoms with Crippen molar-refractivity contribution in [2.45, 2.75) is 6.92 Å². The van der Waals surface area contributed by atoms with Gasteiger partial charge in [0.05, 0.1) is 5.52 Å². The van der Waals surface area contributed by atoms with Crippen molar-refractivity contribution in [3.63, 3.8) is 0 Å². The molecule has 0 aliphatic carbocycles. The zero-order chi connectivity index (χ0) is 8.55. The minimum Gasteiger partial charge on any atom is -0.256 e. The van der Waals surface area contributed by atoms with Crippen LogP contribution in [0.2, 0.25) is 5.15 Å². The molecule has 60 valence electrons. The molecule has 3 heteroatoms. The molecule has 0 radical (unpaired) electrons. The summed E-state index contributed by atoms with van der Waals surface area (Å²) in [6.45, 7) is 1.97. The Morgan fingerprint density at radius 3 is 2.92 bits per heavy atom. The summed E-state index contributed by atoms with van der Waals surface area (Å²) in [4.78, 5) is 8.25. The summed E-state index contributed by atoms with van der Waals surface area (Å²) in [5.41, 5.74) is 1.98. The zero-order valence-electron chi connectivity index (χ0n) is 6.58. The van der Waals surface area contributed by atoms with Crippen LogP contribution in [0.15, 0.2) is 24.5 Å². The monoisotopic (exact) mass is 178 g/mol. The first-order valence-corrected chi connectivity index (χ1v) is 4.02. The lowest BCUT2D eigenvalue weighted by Gasteiger charge is -2.00. The van der Waals surface area contributed by atoms with Gasteiger partial charge in [-0.05, 0) is 24.6 Å². The highest BCUT2D eigenvalue weighted by Gasteiger charge is 2.01. The predicted molar refractivity (Wildman–Crippen MR) is 49.3 cm³/mol. The summed E-state index contributed by atoms with van der Waals surface area (Å²) in [5.74, 6) is 0. The van der Waals surface area contributed by atoms with Gasteiger partial charge in [0.2, 0.25) is 0 Å². The smallest absolute Gasteiger partial charge is 0.138 e. The summed E-state index contributed by atoms with van der Waals surface area (Å²) < 4.78 is 0. The van der Waals surface area contributed by atoms with Crippen molar-refractivity contribution in [1.82, 2.24) is 9.97 Å². The zero-order valence-corrected chi connectivity index (χ0v) is 7.34. The van der Waals surface area contributed by atoms with Crippen LogP contribution >= 0.6 is 11.6 Å². The van der Waals surface area contributed by atoms with Crippen molar-refractivity contribution in [2.24, 2.45) is 0 Å². The second-order valence-corrected chi connectivity index (χ2v) is 2.99. The van der Waals surface area contributed by atoms with Crippen LogP contribution in [0.4, 0.5) is 0 Å². The van der Waals surface area contributed by atoms with Gasteiger partial charge in [-0.2, -0.15) is 0 Å². The van der Waals surface area contributed by atoms with Crippen molar-refractivity contribution >= 4 is 22.5 Å². The molecule has 0 N–H and O–H groups in total. The first kappa shape index (κ1) is 7.50. The number of pyridine rings is 2. The van der Waals surface area contributed by atoms with Gasteiger partial charge in [0.1, 0.15) is 5.15 Å². The molecule has 0 saturated carbocycles. The lowest BCUT2D eigenvalue weighted by Crippen LogP contribution is -1.85. The van der Waals surface area contributed by atoms with Crippen LogP contribution in [-0.2, 0) is 0 Å². The van der Waals surface area contributed by atoms with E-state index >= 15 is 0 Å². The molecule has 0 fully saturated rings. The molecule has 0 atom stereocenters. The molecule has 2 nitrogen and oxygen atoms in total. The number of aryl methyl sites for hydroxylation is 1. The van der Waals surface area contributed by atoms with E-state index in [0.29, 0.717) is 5.15 Å². The quantitative estimate of drug-likeness (QED) is 0.580. The van der Waals surface area contributed by atoms with Crippen LogP contribution < -0.4 is 0 Å². The first-order chi connectivity index (χ1) is 5.79. The van der Waals surface area contributed by atoms with Crippen molar-refractivity contribution < 1.29 is 0 Å². The second-order valence-electron chi connectivity index (χ2n) is 2.63. The van der Waals surface area contributed by atoms with Gasteiger partial charge in [-0.1, -0.05) is 11.6 Å². The van der Waals surface area contributed by atoms with Crippen molar-refractivity contribution in [1.29, 1.82) is 0 Å². The van der Waals surface area contributed by atoms with Crippen LogP contribution in [0.5, 0.6) is 0 Å². The van der Waals surface area contributed by atoms with E-state index in [1.807, 2.05) is 19.1 Å². The largest absolute Gasteiger partial charge is 0.256 e. The number of hydrogen-bond donors (Lipinski definition) is 0. The number of fused-ring (bicyclic) bond motifs is 1. The second kappa shape index (κ2) is 2.72. The summed E-state index contributed by atoms with van der Waals surface area (Å²) in [6, 6.07) is 3.78. The van der Waals surface area contributed by atoms with Gasteiger partial charge >= 0.3 is 0 Å². The SMILES string of the molecule is Cc1cnc(Cl)c2cccnc12. The van der Waals surface area contributed by atoms with Crippen LogP contribution in [-0.4, -0.2) is 9.97 Å². The maximum absolute atomic E-state index is 5.88. The minimum atomic E-state index is 0.517. The molecule has 0 bridgehead atoms. The summed E-state index contributed by atoms with van der Waals surface area (Å²) in [7, 11) is 0. The van der Waals surface area contributed by atoms with E-state index < -0.39 is 0 Å². The van der Waals surface area contributed by atoms with Crippen molar-refractivity contribution in [2.75, 3.05) is 0 Å². The van der Waals surface area contributed by atoms with E-state index in [-0.39, 0.29) is 0 Å². The molecule has 0 aromatic carbocycles. The van der Waals surface area contributed by atoms with Gasteiger partial charge in [-0.15, -0.1) is 0 Å². The lowest BCUT2D eigenvalue weighted by molar-refractivity contribution is 1.27. The number of hydrogen-bond acceptors (Lipinski definition) is 2. The lowest BCUT2D eigenvalue weighted by atomic mass is 10.2. The fourth-order valence-corrected chi connectivity index (χ4v) is 1.37. The molecule has 2 aromatic rings. The third-order valence-electron chi connectivity index (χ3n) is 1.78. The highest BCUT2D eigenvalue weighted by Crippen LogP contribution is 2.20. The van der Waals surface area contributed by atoms with E-state index in [2.05, 4.69) is 9.97 Å². The average molecular weight is 179 g/mol. The normalized spacial score (nSPS) is 10.5. The fourth-order valence-electron chi connectivity index (χ4n) is 1.17. The highest BCUT2D eigenvalue weighted by atomic mass is 35.5. The standard InChI is InChI=1S/C9H7ClN2/c1-6-5-12-9(10)7-3-2-4-11-8(6)7/h2-5H,1H3. The van der Waals surface area contributed by atoms with Gasteiger partial charge in [0.25, 0.3) is 0 Å². The topological polar surface area (TPSA) is 25.8 Å². The Balaban J connectivity index is 2.95.